The molecule has 0 aromatic heterocycles. The van der Waals surface area contributed by atoms with E-state index in [4.69, 9.17) is 5.73 Å². The van der Waals surface area contributed by atoms with Crippen molar-refractivity contribution in [1.82, 2.24) is 4.90 Å². The largest absolute Gasteiger partial charge is 0.398 e. The van der Waals surface area contributed by atoms with Gasteiger partial charge in [0.25, 0.3) is 0 Å². The van der Waals surface area contributed by atoms with Gasteiger partial charge >= 0.3 is 0 Å². The molecule has 0 spiro atoms. The van der Waals surface area contributed by atoms with Crippen LogP contribution in [-0.2, 0) is 22.8 Å². The van der Waals surface area contributed by atoms with Crippen molar-refractivity contribution in [3.8, 4) is 0 Å². The molecule has 0 amide bonds. The predicted octanol–water partition coefficient (Wildman–Crippen LogP) is -0.215. The van der Waals surface area contributed by atoms with E-state index >= 15 is 0 Å². The number of rotatable bonds is 1. The molecule has 0 radical (unpaired) electrons. The Balaban J connectivity index is 1.83. The minimum absolute atomic E-state index is 0.0613. The summed E-state index contributed by atoms with van der Waals surface area (Å²) in [6, 6.07) is 5.55. The molecule has 0 aliphatic carbocycles. The van der Waals surface area contributed by atoms with Crippen LogP contribution in [0.3, 0.4) is 0 Å². The second-order valence-electron chi connectivity index (χ2n) is 5.42. The molecule has 2 unspecified atom stereocenters. The van der Waals surface area contributed by atoms with Crippen LogP contribution < -0.4 is 5.73 Å². The number of nitrogens with zero attached hydrogens (tertiary/aromatic N) is 1. The number of sulfone groups is 1. The number of aliphatic hydroxyl groups is 1. The maximum atomic E-state index is 11.6. The smallest absolute Gasteiger partial charge is 0.154 e. The summed E-state index contributed by atoms with van der Waals surface area (Å²) in [6.45, 7) is 1.41. The van der Waals surface area contributed by atoms with E-state index in [2.05, 4.69) is 4.90 Å². The van der Waals surface area contributed by atoms with E-state index in [0.717, 1.165) is 29.8 Å². The van der Waals surface area contributed by atoms with Crippen molar-refractivity contribution in [1.29, 1.82) is 0 Å². The van der Waals surface area contributed by atoms with Gasteiger partial charge in [-0.1, -0.05) is 12.1 Å². The van der Waals surface area contributed by atoms with E-state index in [1.807, 2.05) is 18.2 Å². The zero-order valence-corrected chi connectivity index (χ0v) is 11.4. The fourth-order valence-corrected chi connectivity index (χ4v) is 4.94. The number of nitrogens with two attached hydrogens (primary N) is 1. The minimum Gasteiger partial charge on any atom is -0.398 e. The lowest BCUT2D eigenvalue weighted by Crippen LogP contribution is -2.45. The summed E-state index contributed by atoms with van der Waals surface area (Å²) in [5, 5.41) is 9.93. The zero-order chi connectivity index (χ0) is 13.6. The first kappa shape index (κ1) is 12.9. The van der Waals surface area contributed by atoms with Gasteiger partial charge < -0.3 is 10.8 Å². The summed E-state index contributed by atoms with van der Waals surface area (Å²) in [5.74, 6) is -0.0518. The lowest BCUT2D eigenvalue weighted by molar-refractivity contribution is 0.0748. The molecule has 2 heterocycles. The Kier molecular flexibility index (Phi) is 3.03. The zero-order valence-electron chi connectivity index (χ0n) is 10.6. The molecular formula is C13H18N2O3S. The highest BCUT2D eigenvalue weighted by Gasteiger charge is 2.40. The standard InChI is InChI=1S/C13H18N2O3S/c14-11-3-1-2-9-6-15(5-4-10(9)11)12-7-19(17,18)8-13(12)16/h1-3,12-13,16H,4-8,14H2. The predicted molar refractivity (Wildman–Crippen MR) is 73.4 cm³/mol. The van der Waals surface area contributed by atoms with E-state index in [1.165, 1.54) is 0 Å². The highest BCUT2D eigenvalue weighted by Crippen LogP contribution is 2.28. The summed E-state index contributed by atoms with van der Waals surface area (Å²) in [5.41, 5.74) is 9.05. The molecule has 1 saturated heterocycles. The molecule has 3 N–H and O–H groups in total. The van der Waals surface area contributed by atoms with Crippen molar-refractivity contribution < 1.29 is 13.5 Å². The number of anilines is 1. The summed E-state index contributed by atoms with van der Waals surface area (Å²) in [7, 11) is -3.10. The highest BCUT2D eigenvalue weighted by atomic mass is 32.2. The molecule has 3 rings (SSSR count). The topological polar surface area (TPSA) is 83.6 Å². The van der Waals surface area contributed by atoms with Crippen molar-refractivity contribution in [3.05, 3.63) is 29.3 Å². The van der Waals surface area contributed by atoms with E-state index in [9.17, 15) is 13.5 Å². The second-order valence-corrected chi connectivity index (χ2v) is 7.57. The number of nitrogen functional groups attached to an aromatic ring is 1. The lowest BCUT2D eigenvalue weighted by atomic mass is 9.96. The molecule has 104 valence electrons. The van der Waals surface area contributed by atoms with Gasteiger partial charge in [-0.3, -0.25) is 4.90 Å². The summed E-state index contributed by atoms with van der Waals surface area (Å²) >= 11 is 0. The Hall–Kier alpha value is -1.11. The maximum Gasteiger partial charge on any atom is 0.154 e. The molecule has 5 nitrogen and oxygen atoms in total. The normalized spacial score (nSPS) is 30.2. The van der Waals surface area contributed by atoms with Gasteiger partial charge in [0.05, 0.1) is 23.7 Å². The third-order valence-electron chi connectivity index (χ3n) is 4.09. The molecule has 2 atom stereocenters. The Morgan fingerprint density at radius 2 is 2.11 bits per heavy atom. The molecule has 2 aliphatic rings. The number of fused-ring (bicyclic) bond motifs is 1. The molecular weight excluding hydrogens is 264 g/mol. The van der Waals surface area contributed by atoms with Gasteiger partial charge in [-0.05, 0) is 23.6 Å². The van der Waals surface area contributed by atoms with Crippen LogP contribution in [0.2, 0.25) is 0 Å². The average molecular weight is 282 g/mol. The fraction of sp³-hybridized carbons (Fsp3) is 0.538. The molecule has 0 saturated carbocycles. The Bertz CT molecular complexity index is 600. The van der Waals surface area contributed by atoms with Crippen molar-refractivity contribution in [2.45, 2.75) is 25.1 Å². The van der Waals surface area contributed by atoms with Crippen LogP contribution in [0.5, 0.6) is 0 Å². The third kappa shape index (κ3) is 2.35. The summed E-state index contributed by atoms with van der Waals surface area (Å²) < 4.78 is 23.2. The van der Waals surface area contributed by atoms with Gasteiger partial charge in [-0.2, -0.15) is 0 Å². The van der Waals surface area contributed by atoms with Gasteiger partial charge in [-0.25, -0.2) is 8.42 Å². The van der Waals surface area contributed by atoms with Crippen LogP contribution in [0, 0.1) is 0 Å². The maximum absolute atomic E-state index is 11.6. The highest BCUT2D eigenvalue weighted by molar-refractivity contribution is 7.91. The van der Waals surface area contributed by atoms with Crippen LogP contribution in [-0.4, -0.2) is 48.6 Å². The SMILES string of the molecule is Nc1cccc2c1CCN(C1CS(=O)(=O)CC1O)C2. The average Bonchev–Trinajstić information content (AvgIpc) is 2.63. The van der Waals surface area contributed by atoms with Crippen LogP contribution in [0.4, 0.5) is 5.69 Å². The van der Waals surface area contributed by atoms with Crippen LogP contribution in [0.15, 0.2) is 18.2 Å². The van der Waals surface area contributed by atoms with Crippen LogP contribution in [0.25, 0.3) is 0 Å². The first-order valence-electron chi connectivity index (χ1n) is 6.45. The van der Waals surface area contributed by atoms with Gasteiger partial charge in [0.15, 0.2) is 9.84 Å². The monoisotopic (exact) mass is 282 g/mol. The van der Waals surface area contributed by atoms with Gasteiger partial charge in [0.1, 0.15) is 0 Å². The Morgan fingerprint density at radius 3 is 2.79 bits per heavy atom. The van der Waals surface area contributed by atoms with E-state index < -0.39 is 15.9 Å². The Morgan fingerprint density at radius 1 is 1.32 bits per heavy atom. The number of benzene rings is 1. The third-order valence-corrected chi connectivity index (χ3v) is 5.79. The first-order chi connectivity index (χ1) is 8.96. The van der Waals surface area contributed by atoms with Gasteiger partial charge in [0.2, 0.25) is 0 Å². The summed E-state index contributed by atoms with van der Waals surface area (Å²) in [4.78, 5) is 2.07. The van der Waals surface area contributed by atoms with Gasteiger partial charge in [0, 0.05) is 18.8 Å². The van der Waals surface area contributed by atoms with Crippen LogP contribution in [0.1, 0.15) is 11.1 Å². The second kappa shape index (κ2) is 4.47. The van der Waals surface area contributed by atoms with Crippen LogP contribution >= 0.6 is 0 Å². The van der Waals surface area contributed by atoms with Crippen molar-refractivity contribution in [3.63, 3.8) is 0 Å². The quantitative estimate of drug-likeness (QED) is 0.696. The molecule has 1 aromatic carbocycles. The van der Waals surface area contributed by atoms with Crippen molar-refractivity contribution in [2.75, 3.05) is 23.8 Å². The van der Waals surface area contributed by atoms with E-state index in [-0.39, 0.29) is 17.5 Å². The van der Waals surface area contributed by atoms with Crippen molar-refractivity contribution in [2.24, 2.45) is 0 Å². The fourth-order valence-electron chi connectivity index (χ4n) is 3.10. The minimum atomic E-state index is -3.10. The summed E-state index contributed by atoms with van der Waals surface area (Å²) in [6.07, 6.45) is 0.0401. The molecule has 1 aromatic rings. The van der Waals surface area contributed by atoms with Gasteiger partial charge in [-0.15, -0.1) is 0 Å². The van der Waals surface area contributed by atoms with E-state index in [1.54, 1.807) is 0 Å². The lowest BCUT2D eigenvalue weighted by Gasteiger charge is -2.34. The first-order valence-corrected chi connectivity index (χ1v) is 8.27. The molecule has 2 aliphatic heterocycles. The molecule has 1 fully saturated rings. The van der Waals surface area contributed by atoms with Crippen molar-refractivity contribution >= 4 is 15.5 Å². The molecule has 6 heteroatoms. The number of hydrogen-bond acceptors (Lipinski definition) is 5. The molecule has 0 bridgehead atoms. The molecule has 19 heavy (non-hydrogen) atoms. The van der Waals surface area contributed by atoms with E-state index in [0.29, 0.717) is 6.54 Å². The number of aliphatic hydroxyl groups excluding tert-OH is 1. The number of hydrogen-bond donors (Lipinski definition) is 2. The Labute approximate surface area is 112 Å².